The summed E-state index contributed by atoms with van der Waals surface area (Å²) in [6.07, 6.45) is 0. The highest BCUT2D eigenvalue weighted by atomic mass is 32.2. The van der Waals surface area contributed by atoms with Crippen molar-refractivity contribution in [2.45, 2.75) is 0 Å². The summed E-state index contributed by atoms with van der Waals surface area (Å²) in [6, 6.07) is 18.3. The van der Waals surface area contributed by atoms with Gasteiger partial charge in [-0.05, 0) is 42.5 Å². The molecule has 3 aromatic rings. The van der Waals surface area contributed by atoms with Gasteiger partial charge in [0, 0.05) is 11.6 Å². The summed E-state index contributed by atoms with van der Waals surface area (Å²) < 4.78 is 50.9. The molecule has 0 atom stereocenters. The number of esters is 1. The first-order valence-corrected chi connectivity index (χ1v) is 10.0. The molecule has 6 nitrogen and oxygen atoms in total. The second-order valence-electron chi connectivity index (χ2n) is 6.15. The van der Waals surface area contributed by atoms with Crippen LogP contribution in [0.4, 0.5) is 10.1 Å². The van der Waals surface area contributed by atoms with Crippen LogP contribution in [0.25, 0.3) is 5.76 Å². The maximum atomic E-state index is 13.4. The minimum atomic E-state index is -3.83. The van der Waals surface area contributed by atoms with Crippen LogP contribution in [0.15, 0.2) is 78.2 Å². The first-order chi connectivity index (χ1) is 13.9. The number of fused-ring (bicyclic) bond motifs is 1. The van der Waals surface area contributed by atoms with Gasteiger partial charge in [0.1, 0.15) is 17.3 Å². The minimum absolute atomic E-state index is 0.141. The Hall–Kier alpha value is -3.65. The molecule has 0 spiro atoms. The van der Waals surface area contributed by atoms with E-state index in [1.807, 2.05) is 0 Å². The van der Waals surface area contributed by atoms with Crippen LogP contribution >= 0.6 is 0 Å². The molecule has 0 saturated carbocycles. The smallest absolute Gasteiger partial charge is 0.343 e. The van der Waals surface area contributed by atoms with Crippen molar-refractivity contribution < 1.29 is 27.1 Å². The van der Waals surface area contributed by atoms with E-state index >= 15 is 0 Å². The third kappa shape index (κ3) is 4.27. The SMILES string of the molecule is O=C(OC1=CS(=O)(=O)Nc2ccc(Oc3cccc(F)c3)cc21)c1ccccc1. The van der Waals surface area contributed by atoms with Crippen molar-refractivity contribution in [2.24, 2.45) is 0 Å². The fourth-order valence-electron chi connectivity index (χ4n) is 2.75. The van der Waals surface area contributed by atoms with Crippen LogP contribution in [0.5, 0.6) is 11.5 Å². The summed E-state index contributed by atoms with van der Waals surface area (Å²) in [5.41, 5.74) is 0.825. The van der Waals surface area contributed by atoms with Gasteiger partial charge in [0.2, 0.25) is 0 Å². The highest BCUT2D eigenvalue weighted by Crippen LogP contribution is 2.36. The summed E-state index contributed by atoms with van der Waals surface area (Å²) in [6.45, 7) is 0. The molecular formula is C21H14FNO5S. The molecule has 1 aliphatic rings. The second kappa shape index (κ2) is 7.40. The molecule has 29 heavy (non-hydrogen) atoms. The number of sulfonamides is 1. The Labute approximate surface area is 166 Å². The summed E-state index contributed by atoms with van der Waals surface area (Å²) >= 11 is 0. The molecule has 1 N–H and O–H groups in total. The topological polar surface area (TPSA) is 81.7 Å². The van der Waals surface area contributed by atoms with Gasteiger partial charge in [-0.15, -0.1) is 0 Å². The number of hydrogen-bond donors (Lipinski definition) is 1. The van der Waals surface area contributed by atoms with Crippen molar-refractivity contribution in [2.75, 3.05) is 4.72 Å². The zero-order valence-electron chi connectivity index (χ0n) is 14.8. The maximum Gasteiger partial charge on any atom is 0.343 e. The summed E-state index contributed by atoms with van der Waals surface area (Å²) in [5.74, 6) is -0.704. The fourth-order valence-corrected chi connectivity index (χ4v) is 3.75. The van der Waals surface area contributed by atoms with Crippen LogP contribution in [-0.2, 0) is 14.8 Å². The van der Waals surface area contributed by atoms with E-state index < -0.39 is 21.8 Å². The van der Waals surface area contributed by atoms with Crippen molar-refractivity contribution in [1.82, 2.24) is 0 Å². The van der Waals surface area contributed by atoms with E-state index in [0.717, 1.165) is 5.41 Å². The predicted octanol–water partition coefficient (Wildman–Crippen LogP) is 4.53. The maximum absolute atomic E-state index is 13.4. The van der Waals surface area contributed by atoms with E-state index in [2.05, 4.69) is 4.72 Å². The van der Waals surface area contributed by atoms with Crippen LogP contribution in [-0.4, -0.2) is 14.4 Å². The molecule has 0 bridgehead atoms. The zero-order valence-corrected chi connectivity index (χ0v) is 15.6. The van der Waals surface area contributed by atoms with E-state index in [1.54, 1.807) is 36.4 Å². The Morgan fingerprint density at radius 2 is 1.66 bits per heavy atom. The molecule has 8 heteroatoms. The molecule has 4 rings (SSSR count). The number of nitrogens with one attached hydrogen (secondary N) is 1. The predicted molar refractivity (Wildman–Crippen MR) is 105 cm³/mol. The number of anilines is 1. The van der Waals surface area contributed by atoms with Gasteiger partial charge in [-0.1, -0.05) is 24.3 Å². The first kappa shape index (κ1) is 18.7. The highest BCUT2D eigenvalue weighted by Gasteiger charge is 2.25. The van der Waals surface area contributed by atoms with Crippen LogP contribution in [0.3, 0.4) is 0 Å². The van der Waals surface area contributed by atoms with Crippen LogP contribution in [0.2, 0.25) is 0 Å². The molecule has 0 radical (unpaired) electrons. The summed E-state index contributed by atoms with van der Waals surface area (Å²) in [7, 11) is -3.83. The van der Waals surface area contributed by atoms with Crippen molar-refractivity contribution in [3.63, 3.8) is 0 Å². The van der Waals surface area contributed by atoms with E-state index in [4.69, 9.17) is 9.47 Å². The average Bonchev–Trinajstić information content (AvgIpc) is 2.68. The van der Waals surface area contributed by atoms with Gasteiger partial charge >= 0.3 is 5.97 Å². The lowest BCUT2D eigenvalue weighted by Gasteiger charge is -2.20. The number of carbonyl (C=O) groups is 1. The third-order valence-corrected chi connectivity index (χ3v) is 5.04. The molecule has 0 amide bonds. The second-order valence-corrected chi connectivity index (χ2v) is 7.68. The molecule has 1 aliphatic heterocycles. The number of hydrogen-bond acceptors (Lipinski definition) is 5. The monoisotopic (exact) mass is 411 g/mol. The van der Waals surface area contributed by atoms with Gasteiger partial charge in [0.15, 0.2) is 5.76 Å². The number of ether oxygens (including phenoxy) is 2. The molecule has 1 heterocycles. The molecule has 3 aromatic carbocycles. The Kier molecular flexibility index (Phi) is 4.77. The van der Waals surface area contributed by atoms with E-state index in [0.29, 0.717) is 11.3 Å². The highest BCUT2D eigenvalue weighted by molar-refractivity contribution is 7.95. The van der Waals surface area contributed by atoms with Crippen molar-refractivity contribution >= 4 is 27.4 Å². The first-order valence-electron chi connectivity index (χ1n) is 8.49. The number of benzene rings is 3. The molecule has 0 aromatic heterocycles. The standard InChI is InChI=1S/C21H14FNO5S/c22-15-7-4-8-16(11-15)27-17-9-10-19-18(12-17)20(13-29(25,26)23-19)28-21(24)14-5-2-1-3-6-14/h1-13,23H. The summed E-state index contributed by atoms with van der Waals surface area (Å²) in [4.78, 5) is 12.4. The van der Waals surface area contributed by atoms with Gasteiger partial charge in [-0.25, -0.2) is 17.6 Å². The number of halogens is 1. The molecule has 0 fully saturated rings. The van der Waals surface area contributed by atoms with Crippen molar-refractivity contribution in [1.29, 1.82) is 0 Å². The fraction of sp³-hybridized carbons (Fsp3) is 0. The number of carbonyl (C=O) groups excluding carboxylic acids is 1. The lowest BCUT2D eigenvalue weighted by atomic mass is 10.1. The lowest BCUT2D eigenvalue weighted by molar-refractivity contribution is 0.0692. The van der Waals surface area contributed by atoms with Gasteiger partial charge in [-0.2, -0.15) is 0 Å². The Morgan fingerprint density at radius 1 is 0.897 bits per heavy atom. The van der Waals surface area contributed by atoms with E-state index in [9.17, 15) is 17.6 Å². The lowest BCUT2D eigenvalue weighted by Crippen LogP contribution is -2.18. The Balaban J connectivity index is 1.67. The quantitative estimate of drug-likeness (QED) is 0.638. The van der Waals surface area contributed by atoms with E-state index in [-0.39, 0.29) is 22.8 Å². The van der Waals surface area contributed by atoms with Crippen LogP contribution in [0.1, 0.15) is 15.9 Å². The van der Waals surface area contributed by atoms with Gasteiger partial charge in [-0.3, -0.25) is 4.72 Å². The third-order valence-electron chi connectivity index (χ3n) is 4.01. The van der Waals surface area contributed by atoms with Crippen LogP contribution in [0, 0.1) is 5.82 Å². The van der Waals surface area contributed by atoms with Crippen LogP contribution < -0.4 is 9.46 Å². The minimum Gasteiger partial charge on any atom is -0.457 e. The normalized spacial score (nSPS) is 14.2. The average molecular weight is 411 g/mol. The molecular weight excluding hydrogens is 397 g/mol. The van der Waals surface area contributed by atoms with E-state index in [1.165, 1.54) is 36.4 Å². The van der Waals surface area contributed by atoms with Gasteiger partial charge in [0.25, 0.3) is 10.0 Å². The zero-order chi connectivity index (χ0) is 20.4. The van der Waals surface area contributed by atoms with Gasteiger partial charge in [0.05, 0.1) is 16.7 Å². The summed E-state index contributed by atoms with van der Waals surface area (Å²) in [5, 5.41) is 0.835. The number of rotatable bonds is 4. The molecule has 0 saturated heterocycles. The Morgan fingerprint density at radius 3 is 2.41 bits per heavy atom. The molecule has 0 aliphatic carbocycles. The van der Waals surface area contributed by atoms with Crippen molar-refractivity contribution in [3.8, 4) is 11.5 Å². The largest absolute Gasteiger partial charge is 0.457 e. The Bertz CT molecular complexity index is 1220. The van der Waals surface area contributed by atoms with Gasteiger partial charge < -0.3 is 9.47 Å². The molecule has 0 unspecified atom stereocenters. The molecule has 146 valence electrons. The van der Waals surface area contributed by atoms with Crippen molar-refractivity contribution in [3.05, 3.63) is 95.1 Å².